The van der Waals surface area contributed by atoms with Crippen LogP contribution in [0.5, 0.6) is 0 Å². The molecule has 1 aliphatic rings. The van der Waals surface area contributed by atoms with E-state index in [0.717, 1.165) is 9.37 Å². The molecular formula is C21H10BrCl3N2O4. The van der Waals surface area contributed by atoms with Crippen molar-refractivity contribution in [2.24, 2.45) is 0 Å². The highest BCUT2D eigenvalue weighted by Gasteiger charge is 2.38. The molecule has 4 rings (SSSR count). The molecule has 1 saturated heterocycles. The molecule has 1 N–H and O–H groups in total. The lowest BCUT2D eigenvalue weighted by atomic mass is 10.1. The molecule has 0 saturated carbocycles. The molecule has 1 fully saturated rings. The number of anilines is 1. The van der Waals surface area contributed by atoms with Crippen molar-refractivity contribution in [1.29, 1.82) is 0 Å². The third kappa shape index (κ3) is 4.14. The van der Waals surface area contributed by atoms with Crippen molar-refractivity contribution in [3.8, 4) is 11.3 Å². The number of rotatable bonds is 3. The second-order valence-electron chi connectivity index (χ2n) is 6.36. The highest BCUT2D eigenvalue weighted by Crippen LogP contribution is 2.35. The Bertz CT molecular complexity index is 1290. The molecule has 2 heterocycles. The lowest BCUT2D eigenvalue weighted by Crippen LogP contribution is -2.54. The molecule has 156 valence electrons. The summed E-state index contributed by atoms with van der Waals surface area (Å²) in [5.74, 6) is -0.994. The number of amides is 4. The van der Waals surface area contributed by atoms with Gasteiger partial charge in [-0.25, -0.2) is 9.69 Å². The molecule has 4 amide bonds. The minimum atomic E-state index is -0.930. The molecule has 1 aromatic heterocycles. The molecule has 1 aliphatic heterocycles. The summed E-state index contributed by atoms with van der Waals surface area (Å²) >= 11 is 21.6. The quantitative estimate of drug-likeness (QED) is 0.311. The number of urea groups is 1. The summed E-state index contributed by atoms with van der Waals surface area (Å²) in [6.45, 7) is 0. The van der Waals surface area contributed by atoms with E-state index in [4.69, 9.17) is 39.2 Å². The van der Waals surface area contributed by atoms with E-state index in [-0.39, 0.29) is 27.1 Å². The maximum atomic E-state index is 13.0. The van der Waals surface area contributed by atoms with Gasteiger partial charge in [0.2, 0.25) is 0 Å². The summed E-state index contributed by atoms with van der Waals surface area (Å²) < 4.78 is 6.48. The van der Waals surface area contributed by atoms with Gasteiger partial charge in [-0.3, -0.25) is 14.9 Å². The van der Waals surface area contributed by atoms with Crippen molar-refractivity contribution in [2.45, 2.75) is 0 Å². The molecule has 3 aromatic rings. The number of hydrogen-bond donors (Lipinski definition) is 1. The molecule has 0 spiro atoms. The van der Waals surface area contributed by atoms with Crippen LogP contribution in [0.15, 0.2) is 63.0 Å². The van der Waals surface area contributed by atoms with E-state index in [2.05, 4.69) is 21.2 Å². The predicted octanol–water partition coefficient (Wildman–Crippen LogP) is 6.34. The summed E-state index contributed by atoms with van der Waals surface area (Å²) in [5.41, 5.74) is 0.463. The average Bonchev–Trinajstić information content (AvgIpc) is 3.19. The van der Waals surface area contributed by atoms with Crippen LogP contribution in [0.25, 0.3) is 17.4 Å². The van der Waals surface area contributed by atoms with Gasteiger partial charge in [-0.05, 0) is 58.4 Å². The van der Waals surface area contributed by atoms with E-state index in [1.165, 1.54) is 24.3 Å². The van der Waals surface area contributed by atoms with E-state index in [9.17, 15) is 14.4 Å². The van der Waals surface area contributed by atoms with Gasteiger partial charge >= 0.3 is 6.03 Å². The number of carbonyl (C=O) groups excluding carboxylic acids is 3. The van der Waals surface area contributed by atoms with Crippen LogP contribution in [0, 0.1) is 0 Å². The van der Waals surface area contributed by atoms with Crippen molar-refractivity contribution in [3.63, 3.8) is 0 Å². The third-order valence-electron chi connectivity index (χ3n) is 4.39. The van der Waals surface area contributed by atoms with Crippen molar-refractivity contribution in [3.05, 3.63) is 79.4 Å². The first-order valence-electron chi connectivity index (χ1n) is 8.67. The molecule has 2 aromatic carbocycles. The van der Waals surface area contributed by atoms with Crippen molar-refractivity contribution >= 4 is 80.3 Å². The summed E-state index contributed by atoms with van der Waals surface area (Å²) in [6.07, 6.45) is 1.25. The lowest BCUT2D eigenvalue weighted by molar-refractivity contribution is -0.122. The second-order valence-corrected chi connectivity index (χ2v) is 8.41. The average molecular weight is 541 g/mol. The number of imide groups is 2. The van der Waals surface area contributed by atoms with Crippen LogP contribution >= 0.6 is 50.7 Å². The smallest absolute Gasteiger partial charge is 0.336 e. The second kappa shape index (κ2) is 8.51. The number of barbiturate groups is 1. The summed E-state index contributed by atoms with van der Waals surface area (Å²) in [7, 11) is 0. The zero-order valence-corrected chi connectivity index (χ0v) is 19.1. The summed E-state index contributed by atoms with van der Waals surface area (Å²) in [6, 6.07) is 12.1. The normalized spacial score (nSPS) is 15.5. The summed E-state index contributed by atoms with van der Waals surface area (Å²) in [5, 5.41) is 2.79. The van der Waals surface area contributed by atoms with E-state index in [1.807, 2.05) is 0 Å². The van der Waals surface area contributed by atoms with Gasteiger partial charge in [0.25, 0.3) is 11.8 Å². The molecule has 0 aliphatic carbocycles. The Morgan fingerprint density at radius 2 is 1.74 bits per heavy atom. The van der Waals surface area contributed by atoms with Gasteiger partial charge in [-0.2, -0.15) is 0 Å². The first-order valence-corrected chi connectivity index (χ1v) is 10.6. The van der Waals surface area contributed by atoms with Crippen LogP contribution in [0.1, 0.15) is 5.76 Å². The highest BCUT2D eigenvalue weighted by atomic mass is 79.9. The van der Waals surface area contributed by atoms with Gasteiger partial charge in [-0.1, -0.05) is 46.9 Å². The van der Waals surface area contributed by atoms with Gasteiger partial charge in [-0.15, -0.1) is 0 Å². The minimum absolute atomic E-state index is 0.00812. The number of carbonyl (C=O) groups is 3. The van der Waals surface area contributed by atoms with E-state index >= 15 is 0 Å². The monoisotopic (exact) mass is 538 g/mol. The van der Waals surface area contributed by atoms with Crippen LogP contribution in [0.2, 0.25) is 15.1 Å². The highest BCUT2D eigenvalue weighted by molar-refractivity contribution is 9.10. The Labute approximate surface area is 199 Å². The van der Waals surface area contributed by atoms with Gasteiger partial charge in [0.1, 0.15) is 17.1 Å². The molecule has 6 nitrogen and oxygen atoms in total. The molecule has 0 radical (unpaired) electrons. The number of nitrogens with one attached hydrogen (secondary N) is 1. The molecule has 0 unspecified atom stereocenters. The van der Waals surface area contributed by atoms with Gasteiger partial charge in [0.15, 0.2) is 0 Å². The maximum Gasteiger partial charge on any atom is 0.336 e. The van der Waals surface area contributed by atoms with Crippen molar-refractivity contribution in [2.75, 3.05) is 4.90 Å². The van der Waals surface area contributed by atoms with Gasteiger partial charge in [0, 0.05) is 10.0 Å². The molecular weight excluding hydrogens is 531 g/mol. The number of halogens is 4. The number of nitrogens with zero attached hydrogens (tertiary/aromatic N) is 1. The molecule has 0 atom stereocenters. The topological polar surface area (TPSA) is 79.6 Å². The standard InChI is InChI=1S/C21H10BrCl3N2O4/c22-13-6-4-10(8-15(13)24)17-7-5-11(31-17)9-12-19(28)26-21(30)27(20(12)29)16-3-1-2-14(23)18(16)25/h1-9H,(H,26,28,30). The third-order valence-corrected chi connectivity index (χ3v) is 6.43. The summed E-state index contributed by atoms with van der Waals surface area (Å²) in [4.78, 5) is 38.4. The zero-order valence-electron chi connectivity index (χ0n) is 15.3. The van der Waals surface area contributed by atoms with Crippen LogP contribution in [-0.4, -0.2) is 17.8 Å². The Kier molecular flexibility index (Phi) is 5.94. The zero-order chi connectivity index (χ0) is 22.3. The molecule has 31 heavy (non-hydrogen) atoms. The van der Waals surface area contributed by atoms with Gasteiger partial charge < -0.3 is 4.42 Å². The fourth-order valence-corrected chi connectivity index (χ4v) is 3.73. The van der Waals surface area contributed by atoms with Crippen molar-refractivity contribution in [1.82, 2.24) is 5.32 Å². The fourth-order valence-electron chi connectivity index (χ4n) is 2.92. The SMILES string of the molecule is O=C1NC(=O)N(c2cccc(Cl)c2Cl)C(=O)C1=Cc1ccc(-c2ccc(Br)c(Cl)c2)o1. The van der Waals surface area contributed by atoms with E-state index < -0.39 is 17.8 Å². The maximum absolute atomic E-state index is 13.0. The van der Waals surface area contributed by atoms with Crippen LogP contribution in [0.4, 0.5) is 10.5 Å². The molecule has 0 bridgehead atoms. The number of furan rings is 1. The van der Waals surface area contributed by atoms with Crippen LogP contribution in [0.3, 0.4) is 0 Å². The van der Waals surface area contributed by atoms with E-state index in [0.29, 0.717) is 16.3 Å². The van der Waals surface area contributed by atoms with Gasteiger partial charge in [0.05, 0.1) is 20.8 Å². The first-order chi connectivity index (χ1) is 14.8. The minimum Gasteiger partial charge on any atom is -0.457 e. The molecule has 10 heteroatoms. The van der Waals surface area contributed by atoms with Crippen LogP contribution < -0.4 is 10.2 Å². The lowest BCUT2D eigenvalue weighted by Gasteiger charge is -2.27. The van der Waals surface area contributed by atoms with Crippen molar-refractivity contribution < 1.29 is 18.8 Å². The first kappa shape index (κ1) is 21.6. The Hall–Kier alpha value is -2.58. The Morgan fingerprint density at radius 1 is 0.968 bits per heavy atom. The van der Waals surface area contributed by atoms with Crippen LogP contribution in [-0.2, 0) is 9.59 Å². The predicted molar refractivity (Wildman–Crippen MR) is 122 cm³/mol. The van der Waals surface area contributed by atoms with E-state index in [1.54, 1.807) is 30.3 Å². The Morgan fingerprint density at radius 3 is 2.48 bits per heavy atom. The fraction of sp³-hybridized carbons (Fsp3) is 0. The number of hydrogen-bond acceptors (Lipinski definition) is 4. The largest absolute Gasteiger partial charge is 0.457 e. The Balaban J connectivity index is 1.70. The number of benzene rings is 2.